The van der Waals surface area contributed by atoms with Crippen molar-refractivity contribution in [1.82, 2.24) is 10.2 Å². The first-order chi connectivity index (χ1) is 8.78. The van der Waals surface area contributed by atoms with E-state index in [0.29, 0.717) is 6.04 Å². The molecule has 1 aromatic rings. The van der Waals surface area contributed by atoms with E-state index in [1.165, 1.54) is 18.5 Å². The molecule has 1 unspecified atom stereocenters. The molecule has 1 N–H and O–H groups in total. The number of hydrogen-bond donors (Lipinski definition) is 1. The molecular formula is C14H19N3O. The van der Waals surface area contributed by atoms with E-state index >= 15 is 0 Å². The average Bonchev–Trinajstić information content (AvgIpc) is 2.80. The van der Waals surface area contributed by atoms with Gasteiger partial charge < -0.3 is 15.0 Å². The molecule has 1 atom stereocenters. The van der Waals surface area contributed by atoms with Crippen molar-refractivity contribution < 1.29 is 4.74 Å². The highest BCUT2D eigenvalue weighted by Gasteiger charge is 2.18. The molecule has 0 saturated carbocycles. The van der Waals surface area contributed by atoms with Gasteiger partial charge in [-0.15, -0.1) is 0 Å². The summed E-state index contributed by atoms with van der Waals surface area (Å²) in [6, 6.07) is 10.5. The lowest BCUT2D eigenvalue weighted by Gasteiger charge is -2.13. The number of hydrogen-bond acceptors (Lipinski definition) is 4. The zero-order valence-electron chi connectivity index (χ0n) is 10.7. The molecule has 0 aromatic heterocycles. The molecule has 4 nitrogen and oxygen atoms in total. The number of nitrogens with one attached hydrogen (secondary N) is 1. The van der Waals surface area contributed by atoms with E-state index in [0.717, 1.165) is 18.8 Å². The molecule has 96 valence electrons. The minimum Gasteiger partial charge on any atom is -0.479 e. The van der Waals surface area contributed by atoms with Crippen molar-refractivity contribution in [3.63, 3.8) is 0 Å². The van der Waals surface area contributed by atoms with Gasteiger partial charge in [-0.25, -0.2) is 0 Å². The maximum Gasteiger partial charge on any atom is 0.174 e. The molecule has 1 fully saturated rings. The third kappa shape index (κ3) is 3.73. The van der Waals surface area contributed by atoms with Gasteiger partial charge in [0.05, 0.1) is 0 Å². The van der Waals surface area contributed by atoms with Crippen molar-refractivity contribution in [2.75, 3.05) is 26.7 Å². The minimum atomic E-state index is 0.101. The SMILES string of the molecule is CN1CCC(NCc2cccc(OCC#N)c2)C1. The van der Waals surface area contributed by atoms with Gasteiger partial charge in [0.2, 0.25) is 0 Å². The van der Waals surface area contributed by atoms with Gasteiger partial charge in [0.25, 0.3) is 0 Å². The van der Waals surface area contributed by atoms with E-state index in [4.69, 9.17) is 10.00 Å². The summed E-state index contributed by atoms with van der Waals surface area (Å²) >= 11 is 0. The predicted molar refractivity (Wildman–Crippen MR) is 70.3 cm³/mol. The van der Waals surface area contributed by atoms with Crippen LogP contribution in [0.15, 0.2) is 24.3 Å². The number of likely N-dealkylation sites (tertiary alicyclic amines) is 1. The molecule has 2 rings (SSSR count). The van der Waals surface area contributed by atoms with Gasteiger partial charge in [0.1, 0.15) is 11.8 Å². The Morgan fingerprint density at radius 3 is 3.17 bits per heavy atom. The molecule has 1 aliphatic heterocycles. The van der Waals surface area contributed by atoms with Crippen LogP contribution in [0.5, 0.6) is 5.75 Å². The van der Waals surface area contributed by atoms with Gasteiger partial charge in [-0.2, -0.15) is 5.26 Å². The van der Waals surface area contributed by atoms with Crippen molar-refractivity contribution in [2.24, 2.45) is 0 Å². The monoisotopic (exact) mass is 245 g/mol. The van der Waals surface area contributed by atoms with Crippen molar-refractivity contribution in [3.05, 3.63) is 29.8 Å². The van der Waals surface area contributed by atoms with Gasteiger partial charge in [-0.05, 0) is 37.7 Å². The number of benzene rings is 1. The summed E-state index contributed by atoms with van der Waals surface area (Å²) in [6.45, 7) is 3.24. The van der Waals surface area contributed by atoms with E-state index in [1.54, 1.807) is 0 Å². The molecule has 1 heterocycles. The van der Waals surface area contributed by atoms with Crippen LogP contribution in [0.1, 0.15) is 12.0 Å². The number of ether oxygens (including phenoxy) is 1. The van der Waals surface area contributed by atoms with Crippen LogP contribution in [0.25, 0.3) is 0 Å². The highest BCUT2D eigenvalue weighted by atomic mass is 16.5. The summed E-state index contributed by atoms with van der Waals surface area (Å²) in [6.07, 6.45) is 1.21. The first kappa shape index (κ1) is 12.9. The molecule has 1 aromatic carbocycles. The lowest BCUT2D eigenvalue weighted by atomic mass is 10.2. The van der Waals surface area contributed by atoms with Crippen LogP contribution >= 0.6 is 0 Å². The fourth-order valence-corrected chi connectivity index (χ4v) is 2.22. The van der Waals surface area contributed by atoms with Crippen molar-refractivity contribution in [2.45, 2.75) is 19.0 Å². The van der Waals surface area contributed by atoms with E-state index in [-0.39, 0.29) is 6.61 Å². The standard InChI is InChI=1S/C14H19N3O/c1-17-7-5-13(11-17)16-10-12-3-2-4-14(9-12)18-8-6-15/h2-4,9,13,16H,5,7-8,10-11H2,1H3. The maximum atomic E-state index is 8.48. The number of rotatable bonds is 5. The number of nitriles is 1. The Labute approximate surface area is 108 Å². The van der Waals surface area contributed by atoms with Crippen LogP contribution < -0.4 is 10.1 Å². The zero-order valence-corrected chi connectivity index (χ0v) is 10.7. The van der Waals surface area contributed by atoms with E-state index in [1.807, 2.05) is 24.3 Å². The van der Waals surface area contributed by atoms with Gasteiger partial charge in [0, 0.05) is 19.1 Å². The van der Waals surface area contributed by atoms with E-state index in [9.17, 15) is 0 Å². The van der Waals surface area contributed by atoms with Crippen LogP contribution in [0.3, 0.4) is 0 Å². The molecule has 18 heavy (non-hydrogen) atoms. The lowest BCUT2D eigenvalue weighted by Crippen LogP contribution is -2.30. The smallest absolute Gasteiger partial charge is 0.174 e. The fourth-order valence-electron chi connectivity index (χ4n) is 2.22. The van der Waals surface area contributed by atoms with Crippen LogP contribution in [0.4, 0.5) is 0 Å². The fraction of sp³-hybridized carbons (Fsp3) is 0.500. The van der Waals surface area contributed by atoms with Crippen molar-refractivity contribution in [1.29, 1.82) is 5.26 Å². The Hall–Kier alpha value is -1.57. The highest BCUT2D eigenvalue weighted by molar-refractivity contribution is 5.28. The maximum absolute atomic E-state index is 8.48. The number of nitrogens with zero attached hydrogens (tertiary/aromatic N) is 2. The zero-order chi connectivity index (χ0) is 12.8. The Morgan fingerprint density at radius 2 is 2.44 bits per heavy atom. The van der Waals surface area contributed by atoms with E-state index < -0.39 is 0 Å². The van der Waals surface area contributed by atoms with Crippen LogP contribution in [0, 0.1) is 11.3 Å². The first-order valence-electron chi connectivity index (χ1n) is 6.28. The lowest BCUT2D eigenvalue weighted by molar-refractivity contribution is 0.367. The molecule has 1 aliphatic rings. The summed E-state index contributed by atoms with van der Waals surface area (Å²) in [5.74, 6) is 0.763. The minimum absolute atomic E-state index is 0.101. The molecule has 0 amide bonds. The Bertz CT molecular complexity index is 427. The Kier molecular flexibility index (Phi) is 4.57. The summed E-state index contributed by atoms with van der Waals surface area (Å²) in [4.78, 5) is 2.34. The molecular weight excluding hydrogens is 226 g/mol. The second-order valence-electron chi connectivity index (χ2n) is 4.72. The summed E-state index contributed by atoms with van der Waals surface area (Å²) in [5, 5.41) is 12.0. The number of likely N-dealkylation sites (N-methyl/N-ethyl adjacent to an activating group) is 1. The molecule has 4 heteroatoms. The second-order valence-corrected chi connectivity index (χ2v) is 4.72. The molecule has 0 aliphatic carbocycles. The molecule has 1 saturated heterocycles. The normalized spacial score (nSPS) is 19.7. The average molecular weight is 245 g/mol. The first-order valence-corrected chi connectivity index (χ1v) is 6.28. The van der Waals surface area contributed by atoms with Crippen LogP contribution in [-0.2, 0) is 6.54 Å². The summed E-state index contributed by atoms with van der Waals surface area (Å²) < 4.78 is 5.29. The van der Waals surface area contributed by atoms with E-state index in [2.05, 4.69) is 23.3 Å². The molecule has 0 radical (unpaired) electrons. The summed E-state index contributed by atoms with van der Waals surface area (Å²) in [5.41, 5.74) is 1.19. The van der Waals surface area contributed by atoms with Crippen molar-refractivity contribution >= 4 is 0 Å². The second kappa shape index (κ2) is 6.39. The van der Waals surface area contributed by atoms with Crippen LogP contribution in [0.2, 0.25) is 0 Å². The topological polar surface area (TPSA) is 48.3 Å². The van der Waals surface area contributed by atoms with Gasteiger partial charge in [-0.1, -0.05) is 12.1 Å². The third-order valence-electron chi connectivity index (χ3n) is 3.19. The van der Waals surface area contributed by atoms with Gasteiger partial charge in [0.15, 0.2) is 6.61 Å². The van der Waals surface area contributed by atoms with Gasteiger partial charge in [-0.3, -0.25) is 0 Å². The Morgan fingerprint density at radius 1 is 1.56 bits per heavy atom. The third-order valence-corrected chi connectivity index (χ3v) is 3.19. The highest BCUT2D eigenvalue weighted by Crippen LogP contribution is 2.14. The summed E-state index contributed by atoms with van der Waals surface area (Å²) in [7, 11) is 2.15. The predicted octanol–water partition coefficient (Wildman–Crippen LogP) is 1.38. The van der Waals surface area contributed by atoms with Gasteiger partial charge >= 0.3 is 0 Å². The Balaban J connectivity index is 1.83. The molecule has 0 spiro atoms. The van der Waals surface area contributed by atoms with Crippen molar-refractivity contribution in [3.8, 4) is 11.8 Å². The quantitative estimate of drug-likeness (QED) is 0.851. The largest absolute Gasteiger partial charge is 0.479 e. The molecule has 0 bridgehead atoms. The van der Waals surface area contributed by atoms with Crippen LogP contribution in [-0.4, -0.2) is 37.7 Å².